The van der Waals surface area contributed by atoms with Crippen molar-refractivity contribution in [1.82, 2.24) is 14.5 Å². The lowest BCUT2D eigenvalue weighted by atomic mass is 9.96. The van der Waals surface area contributed by atoms with E-state index in [0.717, 1.165) is 45.2 Å². The van der Waals surface area contributed by atoms with Crippen LogP contribution < -0.4 is 10.5 Å². The zero-order valence-corrected chi connectivity index (χ0v) is 16.1. The Balaban J connectivity index is 1.79. The number of amides is 1. The van der Waals surface area contributed by atoms with Gasteiger partial charge in [0.15, 0.2) is 0 Å². The Bertz CT molecular complexity index is 752. The highest BCUT2D eigenvalue weighted by Gasteiger charge is 2.26. The van der Waals surface area contributed by atoms with Crippen LogP contribution >= 0.6 is 0 Å². The van der Waals surface area contributed by atoms with E-state index in [1.807, 2.05) is 7.05 Å². The first kappa shape index (κ1) is 19.1. The Morgan fingerprint density at radius 3 is 2.42 bits per heavy atom. The second-order valence-electron chi connectivity index (χ2n) is 7.30. The van der Waals surface area contributed by atoms with Crippen molar-refractivity contribution < 1.29 is 13.2 Å². The summed E-state index contributed by atoms with van der Waals surface area (Å²) >= 11 is 0. The number of nitrogen functional groups attached to an aromatic ring is 1. The Labute approximate surface area is 155 Å². The quantitative estimate of drug-likeness (QED) is 0.767. The molecule has 0 radical (unpaired) electrons. The van der Waals surface area contributed by atoms with Crippen LogP contribution in [0.1, 0.15) is 42.5 Å². The van der Waals surface area contributed by atoms with Crippen LogP contribution in [0.4, 0.5) is 5.69 Å². The molecule has 7 nitrogen and oxygen atoms in total. The number of nitrogens with one attached hydrogen (secondary N) is 1. The van der Waals surface area contributed by atoms with E-state index in [-0.39, 0.29) is 22.4 Å². The summed E-state index contributed by atoms with van der Waals surface area (Å²) in [5.74, 6) is -0.203. The first-order chi connectivity index (χ1) is 12.4. The van der Waals surface area contributed by atoms with Crippen molar-refractivity contribution in [3.05, 3.63) is 23.8 Å². The molecule has 1 aromatic rings. The molecule has 2 fully saturated rings. The maximum absolute atomic E-state index is 12.8. The molecule has 1 aromatic carbocycles. The fourth-order valence-electron chi connectivity index (χ4n) is 3.58. The van der Waals surface area contributed by atoms with Crippen molar-refractivity contribution in [1.29, 1.82) is 0 Å². The third kappa shape index (κ3) is 4.36. The highest BCUT2D eigenvalue weighted by atomic mass is 32.2. The molecule has 0 aromatic heterocycles. The minimum absolute atomic E-state index is 0.0249. The van der Waals surface area contributed by atoms with Gasteiger partial charge in [-0.25, -0.2) is 13.1 Å². The largest absolute Gasteiger partial charge is 0.398 e. The highest BCUT2D eigenvalue weighted by molar-refractivity contribution is 7.89. The van der Waals surface area contributed by atoms with Crippen molar-refractivity contribution in [2.24, 2.45) is 0 Å². The summed E-state index contributed by atoms with van der Waals surface area (Å²) in [5.41, 5.74) is 6.55. The van der Waals surface area contributed by atoms with E-state index in [1.165, 1.54) is 18.2 Å². The molecule has 0 atom stereocenters. The first-order valence-electron chi connectivity index (χ1n) is 9.26. The van der Waals surface area contributed by atoms with E-state index in [1.54, 1.807) is 4.90 Å². The van der Waals surface area contributed by atoms with Gasteiger partial charge < -0.3 is 15.5 Å². The summed E-state index contributed by atoms with van der Waals surface area (Å²) in [6.45, 7) is 2.83. The number of hydrogen-bond acceptors (Lipinski definition) is 5. The van der Waals surface area contributed by atoms with E-state index >= 15 is 0 Å². The third-order valence-electron chi connectivity index (χ3n) is 5.28. The van der Waals surface area contributed by atoms with Gasteiger partial charge in [0.2, 0.25) is 10.0 Å². The molecule has 3 N–H and O–H groups in total. The van der Waals surface area contributed by atoms with Gasteiger partial charge in [-0.1, -0.05) is 19.3 Å². The lowest BCUT2D eigenvalue weighted by Crippen LogP contribution is -2.47. The van der Waals surface area contributed by atoms with Crippen LogP contribution in [0.15, 0.2) is 23.1 Å². The number of benzene rings is 1. The van der Waals surface area contributed by atoms with Crippen molar-refractivity contribution in [2.45, 2.75) is 43.0 Å². The van der Waals surface area contributed by atoms with Gasteiger partial charge in [-0.3, -0.25) is 4.79 Å². The van der Waals surface area contributed by atoms with Crippen LogP contribution in [0.25, 0.3) is 0 Å². The monoisotopic (exact) mass is 380 g/mol. The van der Waals surface area contributed by atoms with Crippen LogP contribution in [0.5, 0.6) is 0 Å². The zero-order valence-electron chi connectivity index (χ0n) is 15.3. The molecule has 3 rings (SSSR count). The summed E-state index contributed by atoms with van der Waals surface area (Å²) in [6.07, 6.45) is 4.97. The molecule has 1 saturated carbocycles. The number of nitrogens with zero attached hydrogens (tertiary/aromatic N) is 2. The molecule has 0 unspecified atom stereocenters. The van der Waals surface area contributed by atoms with Crippen LogP contribution in [0.3, 0.4) is 0 Å². The number of carbonyl (C=O) groups excluding carboxylic acids is 1. The van der Waals surface area contributed by atoms with E-state index in [0.29, 0.717) is 18.8 Å². The normalized spacial score (nSPS) is 20.3. The van der Waals surface area contributed by atoms with E-state index in [4.69, 9.17) is 5.73 Å². The van der Waals surface area contributed by atoms with Crippen molar-refractivity contribution in [3.8, 4) is 0 Å². The zero-order chi connectivity index (χ0) is 18.7. The van der Waals surface area contributed by atoms with Gasteiger partial charge in [-0.05, 0) is 38.1 Å². The number of sulfonamides is 1. The van der Waals surface area contributed by atoms with Crippen molar-refractivity contribution >= 4 is 21.6 Å². The van der Waals surface area contributed by atoms with Crippen LogP contribution in [0.2, 0.25) is 0 Å². The van der Waals surface area contributed by atoms with Gasteiger partial charge in [-0.2, -0.15) is 0 Å². The number of nitrogens with two attached hydrogens (primary N) is 1. The molecule has 1 aliphatic heterocycles. The summed E-state index contributed by atoms with van der Waals surface area (Å²) < 4.78 is 28.2. The van der Waals surface area contributed by atoms with Crippen LogP contribution in [-0.4, -0.2) is 63.4 Å². The average molecular weight is 381 g/mol. The Morgan fingerprint density at radius 2 is 1.77 bits per heavy atom. The molecule has 1 heterocycles. The maximum Gasteiger partial charge on any atom is 0.256 e. The number of hydrogen-bond donors (Lipinski definition) is 2. The molecule has 26 heavy (non-hydrogen) atoms. The van der Waals surface area contributed by atoms with E-state index < -0.39 is 10.0 Å². The molecule has 1 amide bonds. The van der Waals surface area contributed by atoms with Crippen LogP contribution in [-0.2, 0) is 10.0 Å². The molecule has 144 valence electrons. The van der Waals surface area contributed by atoms with Crippen molar-refractivity contribution in [3.63, 3.8) is 0 Å². The molecule has 0 bridgehead atoms. The van der Waals surface area contributed by atoms with Crippen LogP contribution in [0, 0.1) is 0 Å². The fraction of sp³-hybridized carbons (Fsp3) is 0.611. The molecule has 0 spiro atoms. The second-order valence-corrected chi connectivity index (χ2v) is 9.01. The van der Waals surface area contributed by atoms with Gasteiger partial charge in [0, 0.05) is 37.9 Å². The lowest BCUT2D eigenvalue weighted by molar-refractivity contribution is 0.0665. The fourth-order valence-corrected chi connectivity index (χ4v) is 4.91. The van der Waals surface area contributed by atoms with Gasteiger partial charge >= 0.3 is 0 Å². The minimum atomic E-state index is -3.66. The lowest BCUT2D eigenvalue weighted by Gasteiger charge is -2.32. The Kier molecular flexibility index (Phi) is 5.84. The number of piperazine rings is 1. The number of rotatable bonds is 4. The molecular formula is C18H28N4O3S. The van der Waals surface area contributed by atoms with Gasteiger partial charge in [0.1, 0.15) is 0 Å². The predicted octanol–water partition coefficient (Wildman–Crippen LogP) is 1.27. The Morgan fingerprint density at radius 1 is 1.12 bits per heavy atom. The predicted molar refractivity (Wildman–Crippen MR) is 101 cm³/mol. The van der Waals surface area contributed by atoms with E-state index in [2.05, 4.69) is 9.62 Å². The van der Waals surface area contributed by atoms with Gasteiger partial charge in [-0.15, -0.1) is 0 Å². The standard InChI is InChI=1S/C18H28N4O3S/c1-21-9-11-22(12-10-21)18(23)16-13-15(7-8-17(16)19)26(24,25)20-14-5-3-2-4-6-14/h7-8,13-14,20H,2-6,9-12,19H2,1H3. The topological polar surface area (TPSA) is 95.7 Å². The summed E-state index contributed by atoms with van der Waals surface area (Å²) in [5, 5.41) is 0. The maximum atomic E-state index is 12.8. The van der Waals surface area contributed by atoms with Gasteiger partial charge in [0.05, 0.1) is 10.5 Å². The molecule has 2 aliphatic rings. The second kappa shape index (κ2) is 7.94. The average Bonchev–Trinajstić information content (AvgIpc) is 2.62. The smallest absolute Gasteiger partial charge is 0.256 e. The van der Waals surface area contributed by atoms with Gasteiger partial charge in [0.25, 0.3) is 5.91 Å². The SMILES string of the molecule is CN1CCN(C(=O)c2cc(S(=O)(=O)NC3CCCCC3)ccc2N)CC1. The Hall–Kier alpha value is -1.64. The molecule has 1 saturated heterocycles. The minimum Gasteiger partial charge on any atom is -0.398 e. The number of carbonyl (C=O) groups is 1. The summed E-state index contributed by atoms with van der Waals surface area (Å²) in [6, 6.07) is 4.38. The third-order valence-corrected chi connectivity index (χ3v) is 6.80. The summed E-state index contributed by atoms with van der Waals surface area (Å²) in [4.78, 5) is 16.8. The molecule has 8 heteroatoms. The first-order valence-corrected chi connectivity index (χ1v) is 10.7. The number of likely N-dealkylation sites (N-methyl/N-ethyl adjacent to an activating group) is 1. The number of anilines is 1. The van der Waals surface area contributed by atoms with Crippen molar-refractivity contribution in [2.75, 3.05) is 39.0 Å². The molecular weight excluding hydrogens is 352 g/mol. The van der Waals surface area contributed by atoms with E-state index in [9.17, 15) is 13.2 Å². The molecule has 1 aliphatic carbocycles. The summed E-state index contributed by atoms with van der Waals surface area (Å²) in [7, 11) is -1.64. The highest BCUT2D eigenvalue weighted by Crippen LogP contribution is 2.23.